The van der Waals surface area contributed by atoms with Crippen molar-refractivity contribution < 1.29 is 0 Å². The normalized spacial score (nSPS) is 11.7. The Bertz CT molecular complexity index is 2680. The van der Waals surface area contributed by atoms with Gasteiger partial charge in [0.15, 0.2) is 0 Å². The van der Waals surface area contributed by atoms with Crippen LogP contribution in [0.15, 0.2) is 121 Å². The fourth-order valence-corrected chi connectivity index (χ4v) is 9.18. The molecule has 294 valence electrons. The van der Waals surface area contributed by atoms with Crippen LogP contribution in [0.1, 0.15) is 113 Å². The minimum atomic E-state index is 0.952. The number of fused-ring (bicyclic) bond motifs is 5. The molecule has 0 saturated heterocycles. The minimum absolute atomic E-state index is 0.952. The summed E-state index contributed by atoms with van der Waals surface area (Å²) in [5, 5.41) is 7.38. The molecule has 0 aliphatic carbocycles. The van der Waals surface area contributed by atoms with Crippen molar-refractivity contribution in [3.8, 4) is 33.5 Å². The lowest BCUT2D eigenvalue weighted by molar-refractivity contribution is 0.605. The topological polar surface area (TPSA) is 25.8 Å². The number of hydrogen-bond donors (Lipinski definition) is 0. The van der Waals surface area contributed by atoms with Crippen molar-refractivity contribution in [1.82, 2.24) is 9.97 Å². The molecule has 0 saturated carbocycles. The van der Waals surface area contributed by atoms with Crippen LogP contribution in [0.3, 0.4) is 0 Å². The molecule has 0 spiro atoms. The molecule has 2 aromatic heterocycles. The van der Waals surface area contributed by atoms with E-state index < -0.39 is 0 Å². The summed E-state index contributed by atoms with van der Waals surface area (Å²) in [7, 11) is 0. The summed E-state index contributed by atoms with van der Waals surface area (Å²) < 4.78 is 0. The van der Waals surface area contributed by atoms with Gasteiger partial charge in [-0.2, -0.15) is 0 Å². The maximum absolute atomic E-state index is 5.40. The zero-order chi connectivity index (χ0) is 39.8. The smallest absolute Gasteiger partial charge is 0.0972 e. The van der Waals surface area contributed by atoms with Gasteiger partial charge >= 0.3 is 0 Å². The molecule has 0 radical (unpaired) electrons. The van der Waals surface area contributed by atoms with Crippen molar-refractivity contribution in [2.24, 2.45) is 0 Å². The van der Waals surface area contributed by atoms with Gasteiger partial charge in [-0.1, -0.05) is 151 Å². The van der Waals surface area contributed by atoms with E-state index in [-0.39, 0.29) is 0 Å². The summed E-state index contributed by atoms with van der Waals surface area (Å²) >= 11 is 0. The summed E-state index contributed by atoms with van der Waals surface area (Å²) in [4.78, 5) is 10.2. The third-order valence-corrected chi connectivity index (χ3v) is 12.5. The van der Waals surface area contributed by atoms with Crippen LogP contribution in [0.5, 0.6) is 0 Å². The number of nitrogens with zero attached hydrogens (tertiary/aromatic N) is 2. The summed E-state index contributed by atoms with van der Waals surface area (Å²) in [6.07, 6.45) is 19.8. The van der Waals surface area contributed by atoms with Gasteiger partial charge in [-0.05, 0) is 148 Å². The molecule has 0 bridgehead atoms. The highest BCUT2D eigenvalue weighted by atomic mass is 14.7. The van der Waals surface area contributed by atoms with Crippen molar-refractivity contribution in [2.45, 2.75) is 118 Å². The van der Waals surface area contributed by atoms with E-state index in [1.54, 1.807) is 0 Å². The summed E-state index contributed by atoms with van der Waals surface area (Å²) in [5.74, 6) is 0. The first-order valence-electron chi connectivity index (χ1n) is 22.4. The Morgan fingerprint density at radius 1 is 0.414 bits per heavy atom. The SMILES string of the molecule is CCCCCCCCc1cc(-c2cc(-c3ccc4ccc5cccnc5c4n3)cc(-c3cccc4cc5c(C)cccc5cc34)c2)c(CCCCCCCC)cc1C. The van der Waals surface area contributed by atoms with Gasteiger partial charge in [-0.15, -0.1) is 0 Å². The number of benzene rings is 6. The highest BCUT2D eigenvalue weighted by molar-refractivity contribution is 6.07. The molecule has 2 heterocycles. The van der Waals surface area contributed by atoms with Crippen LogP contribution in [0.2, 0.25) is 0 Å². The Morgan fingerprint density at radius 2 is 1.00 bits per heavy atom. The van der Waals surface area contributed by atoms with Crippen LogP contribution in [0.25, 0.3) is 76.9 Å². The minimum Gasteiger partial charge on any atom is -0.254 e. The Morgan fingerprint density at radius 3 is 1.76 bits per heavy atom. The lowest BCUT2D eigenvalue weighted by Gasteiger charge is -2.18. The molecule has 0 N–H and O–H groups in total. The van der Waals surface area contributed by atoms with E-state index in [0.717, 1.165) is 45.9 Å². The van der Waals surface area contributed by atoms with Crippen LogP contribution < -0.4 is 0 Å². The third-order valence-electron chi connectivity index (χ3n) is 12.5. The van der Waals surface area contributed by atoms with Crippen molar-refractivity contribution in [3.63, 3.8) is 0 Å². The van der Waals surface area contributed by atoms with E-state index in [0.29, 0.717) is 0 Å². The second-order valence-corrected chi connectivity index (χ2v) is 16.9. The molecule has 2 nitrogen and oxygen atoms in total. The van der Waals surface area contributed by atoms with Gasteiger partial charge in [0.2, 0.25) is 0 Å². The number of unbranched alkanes of at least 4 members (excludes halogenated alkanes) is 10. The first-order chi connectivity index (χ1) is 28.5. The lowest BCUT2D eigenvalue weighted by Crippen LogP contribution is -1.99. The molecule has 8 rings (SSSR count). The molecular formula is C56H60N2. The molecule has 0 atom stereocenters. The van der Waals surface area contributed by atoms with Crippen molar-refractivity contribution in [3.05, 3.63) is 144 Å². The van der Waals surface area contributed by atoms with Gasteiger partial charge in [-0.25, -0.2) is 4.98 Å². The summed E-state index contributed by atoms with van der Waals surface area (Å²) in [6.45, 7) is 9.17. The predicted octanol–water partition coefficient (Wildman–Crippen LogP) is 16.5. The monoisotopic (exact) mass is 760 g/mol. The Kier molecular flexibility index (Phi) is 12.6. The Balaban J connectivity index is 1.29. The van der Waals surface area contributed by atoms with Crippen LogP contribution in [-0.4, -0.2) is 9.97 Å². The van der Waals surface area contributed by atoms with Gasteiger partial charge < -0.3 is 0 Å². The van der Waals surface area contributed by atoms with Gasteiger partial charge in [0.25, 0.3) is 0 Å². The highest BCUT2D eigenvalue weighted by Gasteiger charge is 2.16. The zero-order valence-corrected chi connectivity index (χ0v) is 35.3. The summed E-state index contributed by atoms with van der Waals surface area (Å²) in [6, 6.07) is 43.5. The first kappa shape index (κ1) is 39.5. The Hall–Kier alpha value is -5.34. The molecule has 58 heavy (non-hydrogen) atoms. The molecular weight excluding hydrogens is 701 g/mol. The molecule has 2 heteroatoms. The zero-order valence-electron chi connectivity index (χ0n) is 35.3. The fraction of sp³-hybridized carbons (Fsp3) is 0.321. The maximum atomic E-state index is 5.40. The largest absolute Gasteiger partial charge is 0.254 e. The van der Waals surface area contributed by atoms with E-state index in [9.17, 15) is 0 Å². The third kappa shape index (κ3) is 8.73. The van der Waals surface area contributed by atoms with Crippen LogP contribution in [0, 0.1) is 13.8 Å². The van der Waals surface area contributed by atoms with Crippen molar-refractivity contribution >= 4 is 43.4 Å². The molecule has 0 amide bonds. The summed E-state index contributed by atoms with van der Waals surface area (Å²) in [5.41, 5.74) is 14.9. The van der Waals surface area contributed by atoms with Crippen molar-refractivity contribution in [2.75, 3.05) is 0 Å². The van der Waals surface area contributed by atoms with Gasteiger partial charge in [0, 0.05) is 22.5 Å². The number of rotatable bonds is 17. The number of aromatic nitrogens is 2. The quantitative estimate of drug-likeness (QED) is 0.0525. The maximum Gasteiger partial charge on any atom is 0.0972 e. The molecule has 0 unspecified atom stereocenters. The van der Waals surface area contributed by atoms with Gasteiger partial charge in [0.1, 0.15) is 0 Å². The second kappa shape index (κ2) is 18.5. The molecule has 0 aliphatic heterocycles. The van der Waals surface area contributed by atoms with Crippen molar-refractivity contribution in [1.29, 1.82) is 0 Å². The van der Waals surface area contributed by atoms with E-state index >= 15 is 0 Å². The standard InChI is InChI=1S/C56H60N2/c1-5-7-9-11-13-15-21-43-36-52(44(32-40(43)4)22-16-14-12-10-8-6-2)48-33-47(50-26-18-24-46-37-51-39(3)20-17-23-45(51)38-53(46)50)34-49(35-48)54-30-29-42-28-27-41-25-19-31-57-55(41)56(42)58-54/h17-20,23-38H,5-16,21-22H2,1-4H3. The fourth-order valence-electron chi connectivity index (χ4n) is 9.18. The van der Waals surface area contributed by atoms with Gasteiger partial charge in [-0.3, -0.25) is 4.98 Å². The molecule has 0 aliphatic rings. The van der Waals surface area contributed by atoms with Crippen LogP contribution in [-0.2, 0) is 12.8 Å². The molecule has 0 fully saturated rings. The van der Waals surface area contributed by atoms with E-state index in [2.05, 4.69) is 137 Å². The number of hydrogen-bond acceptors (Lipinski definition) is 2. The van der Waals surface area contributed by atoms with Crippen LogP contribution >= 0.6 is 0 Å². The average Bonchev–Trinajstić information content (AvgIpc) is 3.25. The van der Waals surface area contributed by atoms with Crippen LogP contribution in [0.4, 0.5) is 0 Å². The van der Waals surface area contributed by atoms with E-state index in [1.165, 1.54) is 143 Å². The van der Waals surface area contributed by atoms with Gasteiger partial charge in [0.05, 0.1) is 16.7 Å². The number of pyridine rings is 2. The average molecular weight is 761 g/mol. The Labute approximate surface area is 346 Å². The van der Waals surface area contributed by atoms with E-state index in [4.69, 9.17) is 9.97 Å². The second-order valence-electron chi connectivity index (χ2n) is 16.9. The number of aryl methyl sites for hydroxylation is 4. The van der Waals surface area contributed by atoms with E-state index in [1.807, 2.05) is 12.3 Å². The highest BCUT2D eigenvalue weighted by Crippen LogP contribution is 2.40. The predicted molar refractivity (Wildman–Crippen MR) is 252 cm³/mol. The lowest BCUT2D eigenvalue weighted by atomic mass is 9.86. The molecule has 8 aromatic rings. The molecule has 6 aromatic carbocycles. The first-order valence-corrected chi connectivity index (χ1v) is 22.4.